The molecule has 0 saturated heterocycles. The molecule has 0 radical (unpaired) electrons. The van der Waals surface area contributed by atoms with E-state index in [2.05, 4.69) is 9.72 Å². The zero-order valence-corrected chi connectivity index (χ0v) is 12.6. The van der Waals surface area contributed by atoms with Crippen LogP contribution < -0.4 is 5.56 Å². The minimum absolute atomic E-state index is 0.210. The van der Waals surface area contributed by atoms with Crippen LogP contribution in [-0.4, -0.2) is 27.9 Å². The fraction of sp³-hybridized carbons (Fsp3) is 0.214. The van der Waals surface area contributed by atoms with Crippen LogP contribution in [0.2, 0.25) is 5.02 Å². The molecule has 0 fully saturated rings. The molecular formula is C14H10ClF3N2O4. The summed E-state index contributed by atoms with van der Waals surface area (Å²) >= 11 is 5.46. The molecule has 2 aromatic rings. The van der Waals surface area contributed by atoms with E-state index in [1.165, 1.54) is 12.3 Å². The van der Waals surface area contributed by atoms with Gasteiger partial charge in [0.1, 0.15) is 11.6 Å². The maximum Gasteiger partial charge on any atom is 0.417 e. The molecule has 0 aromatic carbocycles. The molecule has 0 amide bonds. The fourth-order valence-electron chi connectivity index (χ4n) is 1.78. The monoisotopic (exact) mass is 362 g/mol. The third-order valence-corrected chi connectivity index (χ3v) is 3.20. The third-order valence-electron chi connectivity index (χ3n) is 2.93. The standard InChI is InChI=1S/C14H10ClF3N2O4/c15-9-4-8(14(16,17)18)5-20(13(9)23)6-12(22)24-7-11(21)10-2-1-3-19-10/h1-5,19H,6-7H2. The minimum Gasteiger partial charge on any atom is -0.456 e. The molecule has 0 aliphatic heterocycles. The first-order valence-electron chi connectivity index (χ1n) is 6.48. The van der Waals surface area contributed by atoms with E-state index in [4.69, 9.17) is 11.6 Å². The number of aromatic amines is 1. The largest absolute Gasteiger partial charge is 0.456 e. The number of ether oxygens (including phenoxy) is 1. The second kappa shape index (κ2) is 6.91. The summed E-state index contributed by atoms with van der Waals surface area (Å²) in [6, 6.07) is 3.51. The van der Waals surface area contributed by atoms with E-state index in [9.17, 15) is 27.6 Å². The van der Waals surface area contributed by atoms with E-state index in [1.54, 1.807) is 6.07 Å². The average molecular weight is 363 g/mol. The number of H-pyrrole nitrogens is 1. The van der Waals surface area contributed by atoms with Gasteiger partial charge in [0.15, 0.2) is 6.61 Å². The molecule has 2 rings (SSSR count). The van der Waals surface area contributed by atoms with E-state index in [-0.39, 0.29) is 5.69 Å². The number of Topliss-reactive ketones (excluding diaryl/α,β-unsaturated/α-hetero) is 1. The first-order valence-corrected chi connectivity index (χ1v) is 6.85. The van der Waals surface area contributed by atoms with Crippen molar-refractivity contribution in [1.29, 1.82) is 0 Å². The van der Waals surface area contributed by atoms with Crippen LogP contribution in [0, 0.1) is 0 Å². The third kappa shape index (κ3) is 4.25. The second-order valence-electron chi connectivity index (χ2n) is 4.68. The maximum atomic E-state index is 12.7. The first-order chi connectivity index (χ1) is 11.2. The molecule has 128 valence electrons. The number of esters is 1. The van der Waals surface area contributed by atoms with Gasteiger partial charge in [-0.25, -0.2) is 0 Å². The number of carbonyl (C=O) groups is 2. The molecule has 1 N–H and O–H groups in total. The first kappa shape index (κ1) is 17.8. The Balaban J connectivity index is 2.07. The Hall–Kier alpha value is -2.55. The maximum absolute atomic E-state index is 12.7. The van der Waals surface area contributed by atoms with Crippen molar-refractivity contribution in [2.45, 2.75) is 12.7 Å². The minimum atomic E-state index is -4.73. The van der Waals surface area contributed by atoms with Gasteiger partial charge in [0, 0.05) is 12.4 Å². The zero-order chi connectivity index (χ0) is 17.9. The SMILES string of the molecule is O=C(Cn1cc(C(F)(F)F)cc(Cl)c1=O)OCC(=O)c1ccc[nH]1. The average Bonchev–Trinajstić information content (AvgIpc) is 3.02. The predicted molar refractivity (Wildman–Crippen MR) is 76.8 cm³/mol. The normalized spacial score (nSPS) is 11.3. The number of nitrogens with one attached hydrogen (secondary N) is 1. The number of hydrogen-bond acceptors (Lipinski definition) is 4. The molecule has 2 aromatic heterocycles. The van der Waals surface area contributed by atoms with Crippen molar-refractivity contribution >= 4 is 23.4 Å². The van der Waals surface area contributed by atoms with Crippen LogP contribution in [-0.2, 0) is 22.3 Å². The summed E-state index contributed by atoms with van der Waals surface area (Å²) in [7, 11) is 0. The molecule has 0 bridgehead atoms. The number of halogens is 4. The summed E-state index contributed by atoms with van der Waals surface area (Å²) < 4.78 is 43.2. The zero-order valence-electron chi connectivity index (χ0n) is 11.9. The van der Waals surface area contributed by atoms with Crippen LogP contribution in [0.5, 0.6) is 0 Å². The van der Waals surface area contributed by atoms with Crippen molar-refractivity contribution < 1.29 is 27.5 Å². The number of hydrogen-bond donors (Lipinski definition) is 1. The lowest BCUT2D eigenvalue weighted by Gasteiger charge is -2.11. The highest BCUT2D eigenvalue weighted by Gasteiger charge is 2.32. The molecule has 24 heavy (non-hydrogen) atoms. The molecule has 2 heterocycles. The number of alkyl halides is 3. The number of aromatic nitrogens is 2. The van der Waals surface area contributed by atoms with Crippen LogP contribution >= 0.6 is 11.6 Å². The lowest BCUT2D eigenvalue weighted by molar-refractivity contribution is -0.144. The lowest BCUT2D eigenvalue weighted by Crippen LogP contribution is -2.28. The highest BCUT2D eigenvalue weighted by atomic mass is 35.5. The van der Waals surface area contributed by atoms with Crippen LogP contribution in [0.3, 0.4) is 0 Å². The molecule has 6 nitrogen and oxygen atoms in total. The number of nitrogens with zero attached hydrogens (tertiary/aromatic N) is 1. The molecule has 0 atom stereocenters. The second-order valence-corrected chi connectivity index (χ2v) is 5.08. The van der Waals surface area contributed by atoms with Gasteiger partial charge in [-0.1, -0.05) is 11.6 Å². The Morgan fingerprint density at radius 3 is 2.62 bits per heavy atom. The summed E-state index contributed by atoms with van der Waals surface area (Å²) in [5, 5.41) is -0.680. The Morgan fingerprint density at radius 1 is 1.33 bits per heavy atom. The summed E-state index contributed by atoms with van der Waals surface area (Å²) in [5.41, 5.74) is -1.94. The van der Waals surface area contributed by atoms with Crippen LogP contribution in [0.15, 0.2) is 35.4 Å². The quantitative estimate of drug-likeness (QED) is 0.653. The van der Waals surface area contributed by atoms with Gasteiger partial charge in [0.2, 0.25) is 5.78 Å². The van der Waals surface area contributed by atoms with Crippen molar-refractivity contribution in [1.82, 2.24) is 9.55 Å². The predicted octanol–water partition coefficient (Wildman–Crippen LogP) is 2.27. The number of pyridine rings is 1. The highest BCUT2D eigenvalue weighted by molar-refractivity contribution is 6.30. The number of carbonyl (C=O) groups excluding carboxylic acids is 2. The van der Waals surface area contributed by atoms with Crippen molar-refractivity contribution in [2.24, 2.45) is 0 Å². The van der Waals surface area contributed by atoms with Crippen molar-refractivity contribution in [3.05, 3.63) is 57.2 Å². The van der Waals surface area contributed by atoms with Gasteiger partial charge in [-0.05, 0) is 18.2 Å². The molecule has 0 aliphatic rings. The van der Waals surface area contributed by atoms with Crippen LogP contribution in [0.25, 0.3) is 0 Å². The molecule has 10 heteroatoms. The Kier molecular flexibility index (Phi) is 5.13. The van der Waals surface area contributed by atoms with Crippen LogP contribution in [0.1, 0.15) is 16.1 Å². The van der Waals surface area contributed by atoms with Gasteiger partial charge in [-0.3, -0.25) is 14.4 Å². The van der Waals surface area contributed by atoms with E-state index in [1.807, 2.05) is 0 Å². The Bertz CT molecular complexity index is 812. The number of ketones is 1. The van der Waals surface area contributed by atoms with E-state index in [0.29, 0.717) is 16.8 Å². The molecule has 0 saturated carbocycles. The van der Waals surface area contributed by atoms with Crippen molar-refractivity contribution in [3.63, 3.8) is 0 Å². The van der Waals surface area contributed by atoms with E-state index < -0.39 is 47.2 Å². The summed E-state index contributed by atoms with van der Waals surface area (Å²) in [6.07, 6.45) is -2.77. The molecule has 0 aliphatic carbocycles. The van der Waals surface area contributed by atoms with Gasteiger partial charge in [-0.15, -0.1) is 0 Å². The lowest BCUT2D eigenvalue weighted by atomic mass is 10.2. The Morgan fingerprint density at radius 2 is 2.04 bits per heavy atom. The fourth-order valence-corrected chi connectivity index (χ4v) is 2.01. The van der Waals surface area contributed by atoms with Gasteiger partial charge in [0.25, 0.3) is 5.56 Å². The molecular weight excluding hydrogens is 353 g/mol. The van der Waals surface area contributed by atoms with Gasteiger partial charge in [0.05, 0.1) is 11.3 Å². The van der Waals surface area contributed by atoms with E-state index in [0.717, 1.165) is 0 Å². The van der Waals surface area contributed by atoms with Crippen LogP contribution in [0.4, 0.5) is 13.2 Å². The van der Waals surface area contributed by atoms with Gasteiger partial charge < -0.3 is 14.3 Å². The summed E-state index contributed by atoms with van der Waals surface area (Å²) in [5.74, 6) is -1.57. The summed E-state index contributed by atoms with van der Waals surface area (Å²) in [4.78, 5) is 37.6. The molecule has 0 unspecified atom stereocenters. The van der Waals surface area contributed by atoms with Gasteiger partial charge in [-0.2, -0.15) is 13.2 Å². The number of rotatable bonds is 5. The molecule has 0 spiro atoms. The Labute approximate surface area is 137 Å². The van der Waals surface area contributed by atoms with Gasteiger partial charge >= 0.3 is 12.1 Å². The smallest absolute Gasteiger partial charge is 0.417 e. The highest BCUT2D eigenvalue weighted by Crippen LogP contribution is 2.29. The van der Waals surface area contributed by atoms with Crippen molar-refractivity contribution in [2.75, 3.05) is 6.61 Å². The van der Waals surface area contributed by atoms with E-state index >= 15 is 0 Å². The summed E-state index contributed by atoms with van der Waals surface area (Å²) in [6.45, 7) is -1.42. The topological polar surface area (TPSA) is 81.2 Å². The van der Waals surface area contributed by atoms with Crippen molar-refractivity contribution in [3.8, 4) is 0 Å².